The molecule has 0 aliphatic carbocycles. The first-order valence-corrected chi connectivity index (χ1v) is 7.39. The van der Waals surface area contributed by atoms with E-state index in [1.165, 1.54) is 0 Å². The van der Waals surface area contributed by atoms with Gasteiger partial charge in [0.1, 0.15) is 0 Å². The molecule has 6 nitrogen and oxygen atoms in total. The Morgan fingerprint density at radius 2 is 1.90 bits per heavy atom. The van der Waals surface area contributed by atoms with E-state index in [1.54, 1.807) is 7.05 Å². The highest BCUT2D eigenvalue weighted by Crippen LogP contribution is 1.92. The molecule has 0 aromatic carbocycles. The number of nitrogens with one attached hydrogen (secondary N) is 3. The first-order chi connectivity index (χ1) is 9.60. The van der Waals surface area contributed by atoms with Crippen LogP contribution in [0.5, 0.6) is 0 Å². The van der Waals surface area contributed by atoms with Crippen LogP contribution in [-0.4, -0.2) is 51.8 Å². The SMILES string of the molecule is CCCNC(=O)CNC(=NC)NCCCOCC(C)C.I. The summed E-state index contributed by atoms with van der Waals surface area (Å²) in [7, 11) is 1.69. The Bertz CT molecular complexity index is 286. The number of guanidine groups is 1. The summed E-state index contributed by atoms with van der Waals surface area (Å²) in [5.74, 6) is 1.19. The summed E-state index contributed by atoms with van der Waals surface area (Å²) in [6.07, 6.45) is 1.85. The number of hydrogen-bond acceptors (Lipinski definition) is 3. The van der Waals surface area contributed by atoms with Gasteiger partial charge in [0.2, 0.25) is 5.91 Å². The predicted octanol–water partition coefficient (Wildman–Crippen LogP) is 1.36. The number of halogens is 1. The number of amides is 1. The van der Waals surface area contributed by atoms with Gasteiger partial charge < -0.3 is 20.7 Å². The predicted molar refractivity (Wildman–Crippen MR) is 98.4 cm³/mol. The Balaban J connectivity index is 0. The van der Waals surface area contributed by atoms with Crippen LogP contribution in [0.1, 0.15) is 33.6 Å². The van der Waals surface area contributed by atoms with Crippen molar-refractivity contribution in [3.05, 3.63) is 0 Å². The molecule has 3 N–H and O–H groups in total. The second kappa shape index (κ2) is 15.8. The van der Waals surface area contributed by atoms with E-state index in [4.69, 9.17) is 4.74 Å². The standard InChI is InChI=1S/C14H30N4O2.HI/c1-5-7-16-13(19)10-18-14(15-4)17-8-6-9-20-11-12(2)3;/h12H,5-11H2,1-4H3,(H,16,19)(H2,15,17,18);1H. The lowest BCUT2D eigenvalue weighted by Gasteiger charge is -2.12. The van der Waals surface area contributed by atoms with E-state index in [2.05, 4.69) is 34.8 Å². The Kier molecular flexibility index (Phi) is 17.1. The second-order valence-electron chi connectivity index (χ2n) is 5.02. The smallest absolute Gasteiger partial charge is 0.239 e. The number of carbonyl (C=O) groups excluding carboxylic acids is 1. The second-order valence-corrected chi connectivity index (χ2v) is 5.02. The van der Waals surface area contributed by atoms with E-state index >= 15 is 0 Å². The van der Waals surface area contributed by atoms with Crippen LogP contribution in [0.2, 0.25) is 0 Å². The van der Waals surface area contributed by atoms with Gasteiger partial charge in [-0.1, -0.05) is 20.8 Å². The molecule has 0 radical (unpaired) electrons. The van der Waals surface area contributed by atoms with Gasteiger partial charge in [0.25, 0.3) is 0 Å². The van der Waals surface area contributed by atoms with Crippen molar-refractivity contribution in [1.82, 2.24) is 16.0 Å². The van der Waals surface area contributed by atoms with Gasteiger partial charge in [-0.05, 0) is 18.8 Å². The highest BCUT2D eigenvalue weighted by atomic mass is 127. The van der Waals surface area contributed by atoms with Gasteiger partial charge >= 0.3 is 0 Å². The molecule has 0 saturated carbocycles. The average Bonchev–Trinajstić information content (AvgIpc) is 2.43. The Morgan fingerprint density at radius 1 is 1.19 bits per heavy atom. The van der Waals surface area contributed by atoms with E-state index in [9.17, 15) is 4.79 Å². The molecule has 0 heterocycles. The summed E-state index contributed by atoms with van der Waals surface area (Å²) < 4.78 is 5.49. The molecule has 0 bridgehead atoms. The fraction of sp³-hybridized carbons (Fsp3) is 0.857. The fourth-order valence-electron chi connectivity index (χ4n) is 1.41. The molecule has 0 atom stereocenters. The third-order valence-corrected chi connectivity index (χ3v) is 2.42. The first-order valence-electron chi connectivity index (χ1n) is 7.39. The zero-order chi connectivity index (χ0) is 15.2. The molecule has 0 aliphatic heterocycles. The number of aliphatic imine (C=N–C) groups is 1. The third-order valence-electron chi connectivity index (χ3n) is 2.42. The molecule has 0 aromatic heterocycles. The zero-order valence-corrected chi connectivity index (χ0v) is 16.0. The molecule has 0 rings (SSSR count). The number of carbonyl (C=O) groups is 1. The van der Waals surface area contributed by atoms with Gasteiger partial charge in [-0.25, -0.2) is 0 Å². The molecule has 0 aliphatic rings. The summed E-state index contributed by atoms with van der Waals surface area (Å²) in [4.78, 5) is 15.5. The van der Waals surface area contributed by atoms with Crippen molar-refractivity contribution < 1.29 is 9.53 Å². The summed E-state index contributed by atoms with van der Waals surface area (Å²) in [5, 5.41) is 8.92. The van der Waals surface area contributed by atoms with Crippen LogP contribution in [-0.2, 0) is 9.53 Å². The number of rotatable bonds is 10. The summed E-state index contributed by atoms with van der Waals surface area (Å²) in [6, 6.07) is 0. The van der Waals surface area contributed by atoms with Crippen molar-refractivity contribution in [2.45, 2.75) is 33.6 Å². The van der Waals surface area contributed by atoms with Gasteiger partial charge in [0.15, 0.2) is 5.96 Å². The molecule has 0 unspecified atom stereocenters. The molecule has 21 heavy (non-hydrogen) atoms. The lowest BCUT2D eigenvalue weighted by Crippen LogP contribution is -2.43. The highest BCUT2D eigenvalue weighted by Gasteiger charge is 2.02. The van der Waals surface area contributed by atoms with E-state index in [0.717, 1.165) is 32.6 Å². The maximum Gasteiger partial charge on any atom is 0.239 e. The van der Waals surface area contributed by atoms with E-state index in [1.807, 2.05) is 6.92 Å². The lowest BCUT2D eigenvalue weighted by atomic mass is 10.2. The van der Waals surface area contributed by atoms with Crippen molar-refractivity contribution in [3.8, 4) is 0 Å². The van der Waals surface area contributed by atoms with Crippen LogP contribution in [0.3, 0.4) is 0 Å². The summed E-state index contributed by atoms with van der Waals surface area (Å²) in [5.41, 5.74) is 0. The van der Waals surface area contributed by atoms with E-state index in [-0.39, 0.29) is 36.4 Å². The normalized spacial score (nSPS) is 11.0. The quantitative estimate of drug-likeness (QED) is 0.219. The summed E-state index contributed by atoms with van der Waals surface area (Å²) >= 11 is 0. The molecule has 1 amide bonds. The van der Waals surface area contributed by atoms with E-state index < -0.39 is 0 Å². The van der Waals surface area contributed by atoms with E-state index in [0.29, 0.717) is 18.4 Å². The van der Waals surface area contributed by atoms with Crippen LogP contribution in [0.15, 0.2) is 4.99 Å². The Hall–Kier alpha value is -0.570. The minimum atomic E-state index is -0.0185. The van der Waals surface area contributed by atoms with Crippen LogP contribution >= 0.6 is 24.0 Å². The van der Waals surface area contributed by atoms with Crippen molar-refractivity contribution in [2.75, 3.05) is 39.9 Å². The topological polar surface area (TPSA) is 74.8 Å². The highest BCUT2D eigenvalue weighted by molar-refractivity contribution is 14.0. The van der Waals surface area contributed by atoms with Crippen LogP contribution < -0.4 is 16.0 Å². The maximum absolute atomic E-state index is 11.4. The van der Waals surface area contributed by atoms with Gasteiger partial charge in [0.05, 0.1) is 6.54 Å². The largest absolute Gasteiger partial charge is 0.381 e. The van der Waals surface area contributed by atoms with Gasteiger partial charge in [0, 0.05) is 33.4 Å². The van der Waals surface area contributed by atoms with Crippen molar-refractivity contribution in [1.29, 1.82) is 0 Å². The molecule has 0 fully saturated rings. The Morgan fingerprint density at radius 3 is 2.48 bits per heavy atom. The third kappa shape index (κ3) is 15.6. The lowest BCUT2D eigenvalue weighted by molar-refractivity contribution is -0.120. The number of ether oxygens (including phenoxy) is 1. The molecule has 0 aromatic rings. The van der Waals surface area contributed by atoms with Crippen molar-refractivity contribution in [2.24, 2.45) is 10.9 Å². The average molecular weight is 414 g/mol. The number of nitrogens with zero attached hydrogens (tertiary/aromatic N) is 1. The first kappa shape index (κ1) is 22.7. The fourth-order valence-corrected chi connectivity index (χ4v) is 1.41. The molecule has 0 spiro atoms. The molecular weight excluding hydrogens is 383 g/mol. The van der Waals surface area contributed by atoms with Gasteiger partial charge in [-0.3, -0.25) is 9.79 Å². The number of hydrogen-bond donors (Lipinski definition) is 3. The van der Waals surface area contributed by atoms with Crippen LogP contribution in [0.25, 0.3) is 0 Å². The Labute approximate surface area is 145 Å². The monoisotopic (exact) mass is 414 g/mol. The molecular formula is C14H31IN4O2. The molecule has 126 valence electrons. The van der Waals surface area contributed by atoms with Crippen molar-refractivity contribution in [3.63, 3.8) is 0 Å². The van der Waals surface area contributed by atoms with Gasteiger partial charge in [-0.2, -0.15) is 0 Å². The maximum atomic E-state index is 11.4. The summed E-state index contributed by atoms with van der Waals surface area (Å²) in [6.45, 7) is 9.54. The van der Waals surface area contributed by atoms with Crippen LogP contribution in [0, 0.1) is 5.92 Å². The molecule has 0 saturated heterocycles. The zero-order valence-electron chi connectivity index (χ0n) is 13.7. The minimum Gasteiger partial charge on any atom is -0.381 e. The molecule has 7 heteroatoms. The van der Waals surface area contributed by atoms with Crippen molar-refractivity contribution >= 4 is 35.8 Å². The van der Waals surface area contributed by atoms with Crippen LogP contribution in [0.4, 0.5) is 0 Å². The minimum absolute atomic E-state index is 0. The van der Waals surface area contributed by atoms with Gasteiger partial charge in [-0.15, -0.1) is 24.0 Å².